The highest BCUT2D eigenvalue weighted by Crippen LogP contribution is 2.55. The largest absolute Gasteiger partial charge is 0.0792 e. The van der Waals surface area contributed by atoms with Crippen LogP contribution in [0.1, 0.15) is 22.3 Å². The van der Waals surface area contributed by atoms with Gasteiger partial charge in [-0.3, -0.25) is 0 Å². The lowest BCUT2D eigenvalue weighted by Crippen LogP contribution is -2.28. The Bertz CT molecular complexity index is 943. The van der Waals surface area contributed by atoms with Crippen molar-refractivity contribution in [2.24, 2.45) is 0 Å². The van der Waals surface area contributed by atoms with Crippen molar-refractivity contribution in [3.8, 4) is 11.1 Å². The highest BCUT2D eigenvalue weighted by Gasteiger charge is 2.45. The second-order valence-electron chi connectivity index (χ2n) is 6.42. The molecule has 0 fully saturated rings. The first-order chi connectivity index (χ1) is 12.4. The fourth-order valence-electron chi connectivity index (χ4n) is 4.25. The van der Waals surface area contributed by atoms with Gasteiger partial charge in [0.15, 0.2) is 0 Å². The SMILES string of the molecule is c1cccc(C2(c3ccccc3)c3ccccc3-c3ccccc32)c#1. The summed E-state index contributed by atoms with van der Waals surface area (Å²) in [7, 11) is 0. The Labute approximate surface area is 148 Å². The Balaban J connectivity index is 1.98. The summed E-state index contributed by atoms with van der Waals surface area (Å²) in [6, 6.07) is 40.9. The molecule has 0 aliphatic heterocycles. The van der Waals surface area contributed by atoms with Crippen molar-refractivity contribution in [2.75, 3.05) is 0 Å². The quantitative estimate of drug-likeness (QED) is 0.395. The molecule has 0 saturated heterocycles. The van der Waals surface area contributed by atoms with Gasteiger partial charge in [-0.2, -0.15) is 0 Å². The second kappa shape index (κ2) is 5.36. The monoisotopic (exact) mass is 316 g/mol. The first-order valence-corrected chi connectivity index (χ1v) is 8.56. The fraction of sp³-hybridized carbons (Fsp3) is 0.0400. The molecule has 0 saturated carbocycles. The third kappa shape index (κ3) is 1.84. The average molecular weight is 316 g/mol. The van der Waals surface area contributed by atoms with Crippen molar-refractivity contribution in [2.45, 2.75) is 5.41 Å². The minimum atomic E-state index is -0.341. The van der Waals surface area contributed by atoms with E-state index in [1.807, 2.05) is 6.07 Å². The Hall–Kier alpha value is -3.30. The molecule has 5 rings (SSSR count). The third-order valence-electron chi connectivity index (χ3n) is 5.21. The van der Waals surface area contributed by atoms with E-state index in [2.05, 4.69) is 103 Å². The summed E-state index contributed by atoms with van der Waals surface area (Å²) >= 11 is 0. The predicted molar refractivity (Wildman–Crippen MR) is 101 cm³/mol. The maximum absolute atomic E-state index is 3.41. The average Bonchev–Trinajstić information content (AvgIpc) is 3.01. The summed E-state index contributed by atoms with van der Waals surface area (Å²) in [4.78, 5) is 0. The minimum absolute atomic E-state index is 0.341. The molecule has 0 bridgehead atoms. The van der Waals surface area contributed by atoms with Crippen LogP contribution >= 0.6 is 0 Å². The molecule has 1 aliphatic carbocycles. The highest BCUT2D eigenvalue weighted by atomic mass is 14.5. The van der Waals surface area contributed by atoms with E-state index in [9.17, 15) is 0 Å². The molecule has 0 amide bonds. The van der Waals surface area contributed by atoms with Crippen LogP contribution in [0, 0.1) is 12.1 Å². The molecule has 0 N–H and O–H groups in total. The van der Waals surface area contributed by atoms with Crippen molar-refractivity contribution in [1.29, 1.82) is 0 Å². The smallest absolute Gasteiger partial charge is 0.0699 e. The van der Waals surface area contributed by atoms with Crippen molar-refractivity contribution >= 4 is 0 Å². The Kier molecular flexibility index (Phi) is 3.02. The van der Waals surface area contributed by atoms with Crippen molar-refractivity contribution in [3.05, 3.63) is 131 Å². The van der Waals surface area contributed by atoms with Crippen LogP contribution < -0.4 is 0 Å². The summed E-state index contributed by atoms with van der Waals surface area (Å²) in [5, 5.41) is 0. The van der Waals surface area contributed by atoms with Crippen molar-refractivity contribution in [3.63, 3.8) is 0 Å². The highest BCUT2D eigenvalue weighted by molar-refractivity contribution is 5.85. The van der Waals surface area contributed by atoms with E-state index in [1.165, 1.54) is 27.8 Å². The fourth-order valence-corrected chi connectivity index (χ4v) is 4.25. The number of fused-ring (bicyclic) bond motifs is 3. The molecular weight excluding hydrogens is 300 g/mol. The number of hydrogen-bond acceptors (Lipinski definition) is 0. The molecule has 4 aromatic carbocycles. The molecule has 0 nitrogen and oxygen atoms in total. The zero-order valence-corrected chi connectivity index (χ0v) is 13.7. The first kappa shape index (κ1) is 14.1. The van der Waals surface area contributed by atoms with Crippen LogP contribution in [-0.4, -0.2) is 0 Å². The van der Waals surface area contributed by atoms with E-state index in [1.54, 1.807) is 0 Å². The van der Waals surface area contributed by atoms with Gasteiger partial charge >= 0.3 is 0 Å². The molecule has 116 valence electrons. The van der Waals surface area contributed by atoms with E-state index in [0.29, 0.717) is 0 Å². The lowest BCUT2D eigenvalue weighted by atomic mass is 9.68. The minimum Gasteiger partial charge on any atom is -0.0699 e. The van der Waals surface area contributed by atoms with Crippen LogP contribution in [0.2, 0.25) is 0 Å². The van der Waals surface area contributed by atoms with E-state index in [0.717, 1.165) is 5.56 Å². The van der Waals surface area contributed by atoms with Crippen molar-refractivity contribution < 1.29 is 0 Å². The Morgan fingerprint density at radius 1 is 0.560 bits per heavy atom. The van der Waals surface area contributed by atoms with Gasteiger partial charge < -0.3 is 0 Å². The first-order valence-electron chi connectivity index (χ1n) is 8.56. The topological polar surface area (TPSA) is 0 Å². The normalized spacial score (nSPS) is 13.6. The summed E-state index contributed by atoms with van der Waals surface area (Å²) in [6.07, 6.45) is 0. The maximum Gasteiger partial charge on any atom is 0.0792 e. The van der Waals surface area contributed by atoms with E-state index >= 15 is 0 Å². The number of rotatable bonds is 2. The molecule has 0 aromatic heterocycles. The van der Waals surface area contributed by atoms with Gasteiger partial charge in [0.25, 0.3) is 0 Å². The van der Waals surface area contributed by atoms with Crippen LogP contribution in [0.15, 0.2) is 97.1 Å². The molecule has 0 atom stereocenters. The van der Waals surface area contributed by atoms with Gasteiger partial charge in [0.05, 0.1) is 5.41 Å². The van der Waals surface area contributed by atoms with Gasteiger partial charge in [-0.25, -0.2) is 0 Å². The lowest BCUT2D eigenvalue weighted by Gasteiger charge is -2.32. The van der Waals surface area contributed by atoms with Crippen LogP contribution in [0.3, 0.4) is 0 Å². The van der Waals surface area contributed by atoms with Gasteiger partial charge in [0, 0.05) is 5.56 Å². The number of hydrogen-bond donors (Lipinski definition) is 0. The van der Waals surface area contributed by atoms with Gasteiger partial charge in [-0.15, -0.1) is 0 Å². The van der Waals surface area contributed by atoms with Gasteiger partial charge in [0.2, 0.25) is 0 Å². The molecule has 0 heterocycles. The maximum atomic E-state index is 3.41. The lowest BCUT2D eigenvalue weighted by molar-refractivity contribution is 0.769. The van der Waals surface area contributed by atoms with E-state index < -0.39 is 0 Å². The van der Waals surface area contributed by atoms with Crippen LogP contribution in [0.5, 0.6) is 0 Å². The summed E-state index contributed by atoms with van der Waals surface area (Å²) in [6.45, 7) is 0. The molecular formula is C25H16. The summed E-state index contributed by atoms with van der Waals surface area (Å²) < 4.78 is 0. The van der Waals surface area contributed by atoms with Gasteiger partial charge in [-0.05, 0) is 39.9 Å². The second-order valence-corrected chi connectivity index (χ2v) is 6.42. The molecule has 4 aromatic rings. The Morgan fingerprint density at radius 2 is 1.16 bits per heavy atom. The standard InChI is InChI=1S/C25H16/c1-3-11-19(12-4-1)25(20-13-5-2-6-14-20)23-17-9-7-15-21(23)22-16-8-10-18-24(22)25/h1-5,7-13,15-18H. The zero-order chi connectivity index (χ0) is 16.7. The number of benzene rings is 3. The molecule has 1 aliphatic rings. The molecule has 0 heteroatoms. The summed E-state index contributed by atoms with van der Waals surface area (Å²) in [5.74, 6) is 0. The third-order valence-corrected chi connectivity index (χ3v) is 5.21. The van der Waals surface area contributed by atoms with Gasteiger partial charge in [-0.1, -0.05) is 97.1 Å². The van der Waals surface area contributed by atoms with E-state index in [-0.39, 0.29) is 5.41 Å². The molecule has 0 radical (unpaired) electrons. The van der Waals surface area contributed by atoms with Crippen LogP contribution in [0.25, 0.3) is 11.1 Å². The zero-order valence-electron chi connectivity index (χ0n) is 13.7. The molecule has 25 heavy (non-hydrogen) atoms. The van der Waals surface area contributed by atoms with Gasteiger partial charge in [0.1, 0.15) is 0 Å². The summed E-state index contributed by atoms with van der Waals surface area (Å²) in [5.41, 5.74) is 7.31. The van der Waals surface area contributed by atoms with Crippen LogP contribution in [0.4, 0.5) is 0 Å². The predicted octanol–water partition coefficient (Wildman–Crippen LogP) is 5.65. The van der Waals surface area contributed by atoms with Crippen molar-refractivity contribution in [1.82, 2.24) is 0 Å². The molecule has 0 unspecified atom stereocenters. The Morgan fingerprint density at radius 3 is 1.76 bits per heavy atom. The molecule has 0 spiro atoms. The van der Waals surface area contributed by atoms with E-state index in [4.69, 9.17) is 0 Å². The van der Waals surface area contributed by atoms with Crippen LogP contribution in [-0.2, 0) is 5.41 Å².